The summed E-state index contributed by atoms with van der Waals surface area (Å²) in [7, 11) is 3.90. The number of aliphatic carboxylic acids is 1. The zero-order chi connectivity index (χ0) is 21.4. The van der Waals surface area contributed by atoms with Crippen molar-refractivity contribution in [1.82, 2.24) is 10.2 Å². The molecule has 1 spiro atoms. The molecule has 1 unspecified atom stereocenters. The van der Waals surface area contributed by atoms with Gasteiger partial charge in [-0.25, -0.2) is 0 Å². The zero-order valence-electron chi connectivity index (χ0n) is 17.6. The Hall–Kier alpha value is -1.87. The molecule has 5 rings (SSSR count). The minimum atomic E-state index is -1.09. The Morgan fingerprint density at radius 1 is 1.40 bits per heavy atom. The number of nitrogens with one attached hydrogen (secondary N) is 1. The van der Waals surface area contributed by atoms with E-state index in [0.29, 0.717) is 12.2 Å². The van der Waals surface area contributed by atoms with Gasteiger partial charge in [-0.1, -0.05) is 6.07 Å². The fraction of sp³-hybridized carbons (Fsp3) is 0.682. The molecule has 4 N–H and O–H groups in total. The molecule has 164 valence electrons. The number of phenols is 1. The van der Waals surface area contributed by atoms with Crippen LogP contribution < -0.4 is 10.1 Å². The summed E-state index contributed by atoms with van der Waals surface area (Å²) in [6, 6.07) is 2.48. The van der Waals surface area contributed by atoms with Crippen LogP contribution in [0.1, 0.15) is 37.3 Å². The van der Waals surface area contributed by atoms with E-state index in [-0.39, 0.29) is 23.9 Å². The van der Waals surface area contributed by atoms with Crippen molar-refractivity contribution in [3.05, 3.63) is 23.3 Å². The van der Waals surface area contributed by atoms with Gasteiger partial charge in [-0.2, -0.15) is 0 Å². The van der Waals surface area contributed by atoms with E-state index in [9.17, 15) is 20.1 Å². The first-order valence-corrected chi connectivity index (χ1v) is 10.7. The molecule has 2 heterocycles. The number of ether oxygens (including phenoxy) is 2. The summed E-state index contributed by atoms with van der Waals surface area (Å²) < 4.78 is 12.8. The Morgan fingerprint density at radius 2 is 2.17 bits per heavy atom. The number of likely N-dealkylation sites (tertiary alicyclic amines) is 1. The van der Waals surface area contributed by atoms with Gasteiger partial charge in [-0.3, -0.25) is 10.1 Å². The Kier molecular flexibility index (Phi) is 4.39. The molecule has 8 nitrogen and oxygen atoms in total. The lowest BCUT2D eigenvalue weighted by Gasteiger charge is -2.65. The average molecular weight is 418 g/mol. The van der Waals surface area contributed by atoms with Crippen LogP contribution in [0.15, 0.2) is 12.1 Å². The minimum Gasteiger partial charge on any atom is -0.504 e. The summed E-state index contributed by atoms with van der Waals surface area (Å²) in [5.41, 5.74) is 1.26. The average Bonchev–Trinajstić information content (AvgIpc) is 3.06. The third kappa shape index (κ3) is 2.28. The first-order chi connectivity index (χ1) is 14.3. The third-order valence-electron chi connectivity index (χ3n) is 8.20. The molecule has 0 radical (unpaired) electrons. The Morgan fingerprint density at radius 3 is 2.83 bits per heavy atom. The van der Waals surface area contributed by atoms with Gasteiger partial charge in [0.15, 0.2) is 11.5 Å². The van der Waals surface area contributed by atoms with Crippen LogP contribution in [0.3, 0.4) is 0 Å². The summed E-state index contributed by atoms with van der Waals surface area (Å²) in [5.74, 6) is -0.460. The maximum atomic E-state index is 11.7. The maximum Gasteiger partial charge on any atom is 0.323 e. The lowest BCUT2D eigenvalue weighted by atomic mass is 9.48. The van der Waals surface area contributed by atoms with Crippen LogP contribution in [0.5, 0.6) is 11.5 Å². The molecule has 30 heavy (non-hydrogen) atoms. The van der Waals surface area contributed by atoms with Crippen LogP contribution in [-0.2, 0) is 21.4 Å². The molecule has 1 aromatic carbocycles. The number of piperidine rings is 1. The molecular formula is C22H30N2O6. The van der Waals surface area contributed by atoms with Crippen LogP contribution in [0.4, 0.5) is 0 Å². The predicted molar refractivity (Wildman–Crippen MR) is 108 cm³/mol. The first kappa shape index (κ1) is 20.1. The van der Waals surface area contributed by atoms with Crippen molar-refractivity contribution in [1.29, 1.82) is 0 Å². The monoisotopic (exact) mass is 418 g/mol. The number of aromatic hydroxyl groups is 1. The fourth-order valence-corrected chi connectivity index (χ4v) is 6.96. The number of carboxylic acid groups (broad SMARTS) is 1. The van der Waals surface area contributed by atoms with Gasteiger partial charge in [0.2, 0.25) is 0 Å². The van der Waals surface area contributed by atoms with E-state index in [4.69, 9.17) is 9.47 Å². The molecule has 0 amide bonds. The van der Waals surface area contributed by atoms with Gasteiger partial charge in [-0.05, 0) is 57.8 Å². The summed E-state index contributed by atoms with van der Waals surface area (Å²) >= 11 is 0. The lowest BCUT2D eigenvalue weighted by molar-refractivity contribution is -0.204. The Balaban J connectivity index is 1.67. The van der Waals surface area contributed by atoms with E-state index < -0.39 is 29.1 Å². The standard InChI is InChI=1S/C22H30N2O6/c1-11(25)17(20(27)28)23-13-6-7-22(29-3)15-10-12-4-5-14(26)18-16(12)21(22,19(13)30-18)8-9-24(15)2/h4-5,11,13,15,17,19,23,25-26H,6-10H2,1-3H3,(H,27,28)/t11-,13+,15?,17+,19+,21+,22-/m1/s1. The molecule has 1 saturated heterocycles. The molecule has 2 aliphatic heterocycles. The topological polar surface area (TPSA) is 111 Å². The van der Waals surface area contributed by atoms with Crippen molar-refractivity contribution < 1.29 is 29.6 Å². The molecule has 4 aliphatic rings. The molecule has 1 saturated carbocycles. The van der Waals surface area contributed by atoms with Gasteiger partial charge in [0, 0.05) is 24.8 Å². The van der Waals surface area contributed by atoms with Crippen molar-refractivity contribution in [2.24, 2.45) is 0 Å². The number of nitrogens with zero attached hydrogens (tertiary/aromatic N) is 1. The third-order valence-corrected chi connectivity index (χ3v) is 8.20. The summed E-state index contributed by atoms with van der Waals surface area (Å²) in [6.45, 7) is 2.35. The van der Waals surface area contributed by atoms with Gasteiger partial charge >= 0.3 is 5.97 Å². The fourth-order valence-electron chi connectivity index (χ4n) is 6.96. The number of hydrogen-bond donors (Lipinski definition) is 4. The van der Waals surface area contributed by atoms with Crippen LogP contribution in [-0.4, -0.2) is 82.8 Å². The first-order valence-electron chi connectivity index (χ1n) is 10.7. The number of methoxy groups -OCH3 is 1. The van der Waals surface area contributed by atoms with Crippen molar-refractivity contribution in [2.75, 3.05) is 20.7 Å². The van der Waals surface area contributed by atoms with Gasteiger partial charge in [0.1, 0.15) is 12.1 Å². The van der Waals surface area contributed by atoms with Gasteiger partial charge in [0.25, 0.3) is 0 Å². The molecule has 2 fully saturated rings. The SMILES string of the molecule is CO[C@@]12CC[C@H](N[C@H](C(=O)O)[C@@H](C)O)[C@@H]3Oc4c(O)ccc5c4[C@@]31CCN(C)C2C5. The number of likely N-dealkylation sites (N-methyl/N-ethyl adjacent to an activating group) is 1. The number of carbonyl (C=O) groups is 1. The molecule has 7 atom stereocenters. The highest BCUT2D eigenvalue weighted by Gasteiger charge is 2.73. The van der Waals surface area contributed by atoms with E-state index in [1.54, 1.807) is 13.2 Å². The molecule has 2 aliphatic carbocycles. The van der Waals surface area contributed by atoms with E-state index in [0.717, 1.165) is 31.4 Å². The van der Waals surface area contributed by atoms with Crippen LogP contribution in [0, 0.1) is 0 Å². The van der Waals surface area contributed by atoms with Crippen LogP contribution in [0.25, 0.3) is 0 Å². The number of aliphatic hydroxyl groups excluding tert-OH is 1. The smallest absolute Gasteiger partial charge is 0.323 e. The molecule has 0 aromatic heterocycles. The zero-order valence-corrected chi connectivity index (χ0v) is 17.6. The number of hydrogen-bond acceptors (Lipinski definition) is 7. The highest BCUT2D eigenvalue weighted by molar-refractivity contribution is 5.74. The van der Waals surface area contributed by atoms with Crippen LogP contribution in [0.2, 0.25) is 0 Å². The van der Waals surface area contributed by atoms with Crippen molar-refractivity contribution in [2.45, 2.75) is 74.0 Å². The van der Waals surface area contributed by atoms with Crippen molar-refractivity contribution in [3.8, 4) is 11.5 Å². The highest BCUT2D eigenvalue weighted by atomic mass is 16.5. The predicted octanol–water partition coefficient (Wildman–Crippen LogP) is 0.622. The van der Waals surface area contributed by atoms with E-state index in [1.165, 1.54) is 12.5 Å². The van der Waals surface area contributed by atoms with Crippen LogP contribution >= 0.6 is 0 Å². The van der Waals surface area contributed by atoms with Gasteiger partial charge in [-0.15, -0.1) is 0 Å². The molecular weight excluding hydrogens is 388 g/mol. The molecule has 1 aromatic rings. The van der Waals surface area contributed by atoms with E-state index in [1.807, 2.05) is 6.07 Å². The highest BCUT2D eigenvalue weighted by Crippen LogP contribution is 2.66. The lowest BCUT2D eigenvalue weighted by Crippen LogP contribution is -2.78. The number of phenolic OH excluding ortho intramolecular Hbond substituents is 1. The van der Waals surface area contributed by atoms with E-state index >= 15 is 0 Å². The number of aliphatic hydroxyl groups is 1. The number of rotatable bonds is 5. The summed E-state index contributed by atoms with van der Waals surface area (Å²) in [6.07, 6.45) is 1.60. The number of carboxylic acids is 1. The van der Waals surface area contributed by atoms with Crippen molar-refractivity contribution >= 4 is 5.97 Å². The molecule has 8 heteroatoms. The van der Waals surface area contributed by atoms with E-state index in [2.05, 4.69) is 17.3 Å². The molecule has 2 bridgehead atoms. The second kappa shape index (κ2) is 6.56. The Bertz CT molecular complexity index is 891. The number of benzene rings is 1. The largest absolute Gasteiger partial charge is 0.504 e. The minimum absolute atomic E-state index is 0.115. The van der Waals surface area contributed by atoms with Gasteiger partial charge in [0.05, 0.1) is 17.1 Å². The summed E-state index contributed by atoms with van der Waals surface area (Å²) in [4.78, 5) is 14.1. The quantitative estimate of drug-likeness (QED) is 0.551. The second-order valence-electron chi connectivity index (χ2n) is 9.37. The normalized spacial score (nSPS) is 38.5. The second-order valence-corrected chi connectivity index (χ2v) is 9.37. The van der Waals surface area contributed by atoms with Gasteiger partial charge < -0.3 is 29.7 Å². The Labute approximate surface area is 175 Å². The van der Waals surface area contributed by atoms with Crippen molar-refractivity contribution in [3.63, 3.8) is 0 Å². The maximum absolute atomic E-state index is 11.7. The summed E-state index contributed by atoms with van der Waals surface area (Å²) in [5, 5.41) is 33.4.